The Balaban J connectivity index is 2.27. The van der Waals surface area contributed by atoms with Crippen molar-refractivity contribution in [2.75, 3.05) is 19.8 Å². The Labute approximate surface area is 117 Å². The fourth-order valence-electron chi connectivity index (χ4n) is 2.21. The van der Waals surface area contributed by atoms with Crippen LogP contribution >= 0.6 is 0 Å². The summed E-state index contributed by atoms with van der Waals surface area (Å²) < 4.78 is 7.29. The topological polar surface area (TPSA) is 39.1 Å². The monoisotopic (exact) mass is 267 g/mol. The molecular weight excluding hydrogens is 238 g/mol. The van der Waals surface area contributed by atoms with E-state index in [2.05, 4.69) is 30.5 Å². The fourth-order valence-corrected chi connectivity index (χ4v) is 2.21. The number of hydrogen-bond acceptors (Lipinski definition) is 3. The first-order chi connectivity index (χ1) is 9.26. The third-order valence-electron chi connectivity index (χ3n) is 3.27. The van der Waals surface area contributed by atoms with Crippen LogP contribution in [-0.4, -0.2) is 35.6 Å². The fraction of sp³-hybridized carbons (Fsp3) is 0.800. The Morgan fingerprint density at radius 2 is 2.21 bits per heavy atom. The molecule has 1 unspecified atom stereocenters. The molecule has 1 aromatic heterocycles. The van der Waals surface area contributed by atoms with Crippen molar-refractivity contribution in [3.05, 3.63) is 18.0 Å². The maximum absolute atomic E-state index is 5.41. The molecule has 0 saturated heterocycles. The number of aryl methyl sites for hydroxylation is 2. The zero-order valence-corrected chi connectivity index (χ0v) is 12.7. The van der Waals surface area contributed by atoms with Gasteiger partial charge in [0.25, 0.3) is 0 Å². The molecule has 0 spiro atoms. The van der Waals surface area contributed by atoms with E-state index < -0.39 is 0 Å². The van der Waals surface area contributed by atoms with Crippen molar-refractivity contribution in [1.29, 1.82) is 0 Å². The first kappa shape index (κ1) is 16.2. The molecule has 1 N–H and O–H groups in total. The summed E-state index contributed by atoms with van der Waals surface area (Å²) in [6.45, 7) is 7.07. The predicted molar refractivity (Wildman–Crippen MR) is 79.3 cm³/mol. The van der Waals surface area contributed by atoms with Gasteiger partial charge in [-0.05, 0) is 51.1 Å². The van der Waals surface area contributed by atoms with Gasteiger partial charge >= 0.3 is 0 Å². The second-order valence-electron chi connectivity index (χ2n) is 5.05. The molecule has 1 atom stereocenters. The van der Waals surface area contributed by atoms with Gasteiger partial charge < -0.3 is 10.1 Å². The summed E-state index contributed by atoms with van der Waals surface area (Å²) in [7, 11) is 1.97. The van der Waals surface area contributed by atoms with Gasteiger partial charge in [0.1, 0.15) is 0 Å². The van der Waals surface area contributed by atoms with Crippen LogP contribution in [0.5, 0.6) is 0 Å². The van der Waals surface area contributed by atoms with E-state index in [9.17, 15) is 0 Å². The summed E-state index contributed by atoms with van der Waals surface area (Å²) in [6, 6.07) is 0.598. The van der Waals surface area contributed by atoms with Crippen LogP contribution in [0.2, 0.25) is 0 Å². The Bertz CT molecular complexity index is 325. The number of rotatable bonds is 11. The maximum Gasteiger partial charge on any atom is 0.0521 e. The van der Waals surface area contributed by atoms with Crippen molar-refractivity contribution < 1.29 is 4.74 Å². The number of hydrogen-bond donors (Lipinski definition) is 1. The zero-order chi connectivity index (χ0) is 13.9. The second-order valence-corrected chi connectivity index (χ2v) is 5.05. The van der Waals surface area contributed by atoms with Crippen LogP contribution in [0.1, 0.15) is 45.1 Å². The first-order valence-corrected chi connectivity index (χ1v) is 7.54. The zero-order valence-electron chi connectivity index (χ0n) is 12.7. The van der Waals surface area contributed by atoms with Crippen molar-refractivity contribution >= 4 is 0 Å². The molecule has 0 amide bonds. The van der Waals surface area contributed by atoms with Crippen LogP contribution in [0.25, 0.3) is 0 Å². The molecule has 0 aromatic carbocycles. The third-order valence-corrected chi connectivity index (χ3v) is 3.27. The smallest absolute Gasteiger partial charge is 0.0521 e. The molecule has 1 rings (SSSR count). The van der Waals surface area contributed by atoms with Crippen LogP contribution in [0.15, 0.2) is 12.4 Å². The highest BCUT2D eigenvalue weighted by Gasteiger charge is 2.08. The van der Waals surface area contributed by atoms with Gasteiger partial charge in [0.2, 0.25) is 0 Å². The molecule has 0 aliphatic rings. The van der Waals surface area contributed by atoms with Gasteiger partial charge in [-0.15, -0.1) is 0 Å². The van der Waals surface area contributed by atoms with Gasteiger partial charge in [0, 0.05) is 32.5 Å². The molecule has 0 fully saturated rings. The SMILES string of the molecule is CCCNC(CCCOCC)CCc1cnn(C)c1. The Hall–Kier alpha value is -0.870. The van der Waals surface area contributed by atoms with Crippen molar-refractivity contribution in [2.24, 2.45) is 7.05 Å². The standard InChI is InChI=1S/C15H29N3O/c1-4-10-16-15(7-6-11-19-5-2)9-8-14-12-17-18(3)13-14/h12-13,15-16H,4-11H2,1-3H3. The molecular formula is C15H29N3O. The van der Waals surface area contributed by atoms with E-state index in [-0.39, 0.29) is 0 Å². The number of nitrogens with zero attached hydrogens (tertiary/aromatic N) is 2. The van der Waals surface area contributed by atoms with E-state index in [0.717, 1.165) is 32.6 Å². The van der Waals surface area contributed by atoms with E-state index in [0.29, 0.717) is 6.04 Å². The van der Waals surface area contributed by atoms with Gasteiger partial charge in [0.05, 0.1) is 6.20 Å². The minimum absolute atomic E-state index is 0.598. The van der Waals surface area contributed by atoms with Crippen LogP contribution in [0, 0.1) is 0 Å². The normalized spacial score (nSPS) is 12.8. The Kier molecular flexibility index (Phi) is 8.50. The lowest BCUT2D eigenvalue weighted by Crippen LogP contribution is -2.30. The van der Waals surface area contributed by atoms with Crippen molar-refractivity contribution in [2.45, 2.75) is 52.0 Å². The molecule has 0 aliphatic heterocycles. The first-order valence-electron chi connectivity index (χ1n) is 7.54. The summed E-state index contributed by atoms with van der Waals surface area (Å²) >= 11 is 0. The largest absolute Gasteiger partial charge is 0.382 e. The third kappa shape index (κ3) is 7.33. The van der Waals surface area contributed by atoms with Crippen LogP contribution in [-0.2, 0) is 18.2 Å². The molecule has 1 aromatic rings. The highest BCUT2D eigenvalue weighted by Crippen LogP contribution is 2.08. The second kappa shape index (κ2) is 9.98. The molecule has 110 valence electrons. The molecule has 0 bridgehead atoms. The lowest BCUT2D eigenvalue weighted by Gasteiger charge is -2.18. The molecule has 4 heteroatoms. The minimum Gasteiger partial charge on any atom is -0.382 e. The highest BCUT2D eigenvalue weighted by atomic mass is 16.5. The molecule has 0 saturated carbocycles. The minimum atomic E-state index is 0.598. The van der Waals surface area contributed by atoms with E-state index in [1.807, 2.05) is 17.9 Å². The summed E-state index contributed by atoms with van der Waals surface area (Å²) in [6.07, 6.45) is 9.88. The van der Waals surface area contributed by atoms with Crippen LogP contribution < -0.4 is 5.32 Å². The van der Waals surface area contributed by atoms with Crippen molar-refractivity contribution in [3.8, 4) is 0 Å². The van der Waals surface area contributed by atoms with E-state index in [1.165, 1.54) is 24.8 Å². The molecule has 19 heavy (non-hydrogen) atoms. The summed E-state index contributed by atoms with van der Waals surface area (Å²) in [4.78, 5) is 0. The van der Waals surface area contributed by atoms with Crippen LogP contribution in [0.4, 0.5) is 0 Å². The average molecular weight is 267 g/mol. The van der Waals surface area contributed by atoms with E-state index in [4.69, 9.17) is 4.74 Å². The summed E-state index contributed by atoms with van der Waals surface area (Å²) in [5.74, 6) is 0. The summed E-state index contributed by atoms with van der Waals surface area (Å²) in [5.41, 5.74) is 1.33. The average Bonchev–Trinajstić information content (AvgIpc) is 2.82. The highest BCUT2D eigenvalue weighted by molar-refractivity contribution is 5.03. The molecule has 1 heterocycles. The van der Waals surface area contributed by atoms with Gasteiger partial charge in [-0.25, -0.2) is 0 Å². The van der Waals surface area contributed by atoms with Crippen molar-refractivity contribution in [3.63, 3.8) is 0 Å². The van der Waals surface area contributed by atoms with Crippen LogP contribution in [0.3, 0.4) is 0 Å². The Morgan fingerprint density at radius 1 is 1.37 bits per heavy atom. The molecule has 0 aliphatic carbocycles. The van der Waals surface area contributed by atoms with E-state index >= 15 is 0 Å². The summed E-state index contributed by atoms with van der Waals surface area (Å²) in [5, 5.41) is 7.86. The number of nitrogens with one attached hydrogen (secondary N) is 1. The van der Waals surface area contributed by atoms with Gasteiger partial charge in [-0.3, -0.25) is 4.68 Å². The van der Waals surface area contributed by atoms with Gasteiger partial charge in [0.15, 0.2) is 0 Å². The quantitative estimate of drug-likeness (QED) is 0.626. The number of aromatic nitrogens is 2. The van der Waals surface area contributed by atoms with Gasteiger partial charge in [-0.1, -0.05) is 6.92 Å². The number of ether oxygens (including phenoxy) is 1. The van der Waals surface area contributed by atoms with Gasteiger partial charge in [-0.2, -0.15) is 5.10 Å². The molecule has 4 nitrogen and oxygen atoms in total. The lowest BCUT2D eigenvalue weighted by molar-refractivity contribution is 0.140. The van der Waals surface area contributed by atoms with Crippen molar-refractivity contribution in [1.82, 2.24) is 15.1 Å². The molecule has 0 radical (unpaired) electrons. The Morgan fingerprint density at radius 3 is 2.84 bits per heavy atom. The lowest BCUT2D eigenvalue weighted by atomic mass is 10.0. The predicted octanol–water partition coefficient (Wildman–Crippen LogP) is 2.54. The van der Waals surface area contributed by atoms with E-state index in [1.54, 1.807) is 0 Å². The maximum atomic E-state index is 5.41.